The number of hydrogen-bond acceptors (Lipinski definition) is 3. The maximum absolute atomic E-state index is 10.9. The molecule has 4 heteroatoms. The van der Waals surface area contributed by atoms with Gasteiger partial charge in [-0.2, -0.15) is 0 Å². The zero-order chi connectivity index (χ0) is 11.3. The third kappa shape index (κ3) is 3.80. The second-order valence-corrected chi connectivity index (χ2v) is 4.26. The molecule has 88 valence electrons. The minimum absolute atomic E-state index is 0.340. The molecule has 1 unspecified atom stereocenters. The Balaban J connectivity index is 2.38. The molecule has 1 heterocycles. The van der Waals surface area contributed by atoms with Crippen LogP contribution in [0, 0.1) is 5.92 Å². The molecule has 0 saturated carbocycles. The molecule has 0 bridgehead atoms. The lowest BCUT2D eigenvalue weighted by Crippen LogP contribution is -2.41. The van der Waals surface area contributed by atoms with Gasteiger partial charge >= 0.3 is 5.97 Å². The Bertz CT molecular complexity index is 202. The van der Waals surface area contributed by atoms with Gasteiger partial charge in [0.05, 0.1) is 0 Å². The summed E-state index contributed by atoms with van der Waals surface area (Å²) in [6, 6.07) is -0.340. The van der Waals surface area contributed by atoms with Gasteiger partial charge in [0.25, 0.3) is 0 Å². The smallest absolute Gasteiger partial charge is 0.320 e. The van der Waals surface area contributed by atoms with Crippen LogP contribution in [0.4, 0.5) is 0 Å². The van der Waals surface area contributed by atoms with Crippen LogP contribution in [0.2, 0.25) is 0 Å². The molecule has 1 saturated heterocycles. The monoisotopic (exact) mass is 215 g/mol. The van der Waals surface area contributed by atoms with Gasteiger partial charge in [-0.15, -0.1) is 0 Å². The van der Waals surface area contributed by atoms with Crippen LogP contribution in [0.3, 0.4) is 0 Å². The van der Waals surface area contributed by atoms with E-state index in [2.05, 4.69) is 0 Å². The minimum Gasteiger partial charge on any atom is -0.480 e. The first-order valence-corrected chi connectivity index (χ1v) is 5.66. The first-order chi connectivity index (χ1) is 7.15. The van der Waals surface area contributed by atoms with Crippen LogP contribution in [0.25, 0.3) is 0 Å². The predicted octanol–water partition coefficient (Wildman–Crippen LogP) is 1.21. The molecule has 1 fully saturated rings. The highest BCUT2D eigenvalue weighted by Gasteiger charge is 2.23. The summed E-state index contributed by atoms with van der Waals surface area (Å²) in [5.74, 6) is -0.121. The van der Waals surface area contributed by atoms with E-state index in [1.54, 1.807) is 0 Å². The Labute approximate surface area is 91.2 Å². The summed E-state index contributed by atoms with van der Waals surface area (Å²) in [6.45, 7) is 4.43. The van der Waals surface area contributed by atoms with Crippen molar-refractivity contribution in [1.82, 2.24) is 4.90 Å². The van der Waals surface area contributed by atoms with E-state index in [4.69, 9.17) is 9.84 Å². The largest absolute Gasteiger partial charge is 0.480 e. The van der Waals surface area contributed by atoms with Crippen molar-refractivity contribution in [2.45, 2.75) is 32.2 Å². The summed E-state index contributed by atoms with van der Waals surface area (Å²) in [7, 11) is 1.90. The number of carbonyl (C=O) groups is 1. The molecule has 1 atom stereocenters. The molecule has 0 radical (unpaired) electrons. The van der Waals surface area contributed by atoms with Crippen molar-refractivity contribution in [3.05, 3.63) is 0 Å². The third-order valence-corrected chi connectivity index (χ3v) is 3.09. The topological polar surface area (TPSA) is 49.8 Å². The van der Waals surface area contributed by atoms with Crippen LogP contribution in [0.5, 0.6) is 0 Å². The zero-order valence-corrected chi connectivity index (χ0v) is 9.61. The molecule has 0 aromatic carbocycles. The van der Waals surface area contributed by atoms with Gasteiger partial charge in [-0.1, -0.05) is 6.92 Å². The van der Waals surface area contributed by atoms with Gasteiger partial charge in [0.15, 0.2) is 0 Å². The highest BCUT2D eigenvalue weighted by atomic mass is 16.5. The molecular formula is C11H21NO3. The lowest BCUT2D eigenvalue weighted by Gasteiger charge is -2.30. The summed E-state index contributed by atoms with van der Waals surface area (Å²) < 4.78 is 5.28. The van der Waals surface area contributed by atoms with Crippen LogP contribution in [0.1, 0.15) is 26.2 Å². The Morgan fingerprint density at radius 1 is 1.53 bits per heavy atom. The highest BCUT2D eigenvalue weighted by Crippen LogP contribution is 2.17. The molecule has 4 nitrogen and oxygen atoms in total. The van der Waals surface area contributed by atoms with Gasteiger partial charge in [-0.05, 0) is 32.2 Å². The number of rotatable bonds is 5. The molecule has 1 aliphatic heterocycles. The van der Waals surface area contributed by atoms with Gasteiger partial charge in [-0.25, -0.2) is 0 Å². The highest BCUT2D eigenvalue weighted by molar-refractivity contribution is 5.73. The van der Waals surface area contributed by atoms with Crippen LogP contribution in [0.15, 0.2) is 0 Å². The summed E-state index contributed by atoms with van der Waals surface area (Å²) in [5.41, 5.74) is 0. The minimum atomic E-state index is -0.716. The van der Waals surface area contributed by atoms with Crippen LogP contribution < -0.4 is 0 Å². The standard InChI is InChI=1S/C11H21NO3/c1-3-10(11(13)14)12(2)8-9-4-6-15-7-5-9/h9-10H,3-8H2,1-2H3,(H,13,14). The van der Waals surface area contributed by atoms with E-state index >= 15 is 0 Å². The first-order valence-electron chi connectivity index (χ1n) is 5.66. The molecular weight excluding hydrogens is 194 g/mol. The average molecular weight is 215 g/mol. The molecule has 0 aromatic heterocycles. The van der Waals surface area contributed by atoms with E-state index in [0.717, 1.165) is 32.6 Å². The third-order valence-electron chi connectivity index (χ3n) is 3.09. The maximum atomic E-state index is 10.9. The van der Waals surface area contributed by atoms with Gasteiger partial charge in [0.1, 0.15) is 6.04 Å². The van der Waals surface area contributed by atoms with E-state index in [-0.39, 0.29) is 6.04 Å². The Kier molecular flexibility index (Phi) is 5.05. The van der Waals surface area contributed by atoms with E-state index < -0.39 is 5.97 Å². The van der Waals surface area contributed by atoms with E-state index in [0.29, 0.717) is 12.3 Å². The van der Waals surface area contributed by atoms with E-state index in [1.807, 2.05) is 18.9 Å². The molecule has 0 aromatic rings. The average Bonchev–Trinajstić information content (AvgIpc) is 2.19. The van der Waals surface area contributed by atoms with Gasteiger partial charge in [0, 0.05) is 19.8 Å². The molecule has 0 aliphatic carbocycles. The van der Waals surface area contributed by atoms with Gasteiger partial charge in [0.2, 0.25) is 0 Å². The maximum Gasteiger partial charge on any atom is 0.320 e. The molecule has 1 rings (SSSR count). The van der Waals surface area contributed by atoms with E-state index in [9.17, 15) is 4.79 Å². The van der Waals surface area contributed by atoms with Crippen molar-refractivity contribution < 1.29 is 14.6 Å². The fourth-order valence-electron chi connectivity index (χ4n) is 2.14. The lowest BCUT2D eigenvalue weighted by molar-refractivity contribution is -0.143. The van der Waals surface area contributed by atoms with Crippen LogP contribution >= 0.6 is 0 Å². The summed E-state index contributed by atoms with van der Waals surface area (Å²) in [6.07, 6.45) is 2.77. The Morgan fingerprint density at radius 3 is 2.60 bits per heavy atom. The molecule has 0 spiro atoms. The zero-order valence-electron chi connectivity index (χ0n) is 9.61. The second kappa shape index (κ2) is 6.08. The van der Waals surface area contributed by atoms with Crippen molar-refractivity contribution in [2.75, 3.05) is 26.8 Å². The van der Waals surface area contributed by atoms with Crippen LogP contribution in [-0.2, 0) is 9.53 Å². The quantitative estimate of drug-likeness (QED) is 0.749. The van der Waals surface area contributed by atoms with Crippen molar-refractivity contribution in [1.29, 1.82) is 0 Å². The van der Waals surface area contributed by atoms with Crippen molar-refractivity contribution >= 4 is 5.97 Å². The van der Waals surface area contributed by atoms with Gasteiger partial charge < -0.3 is 9.84 Å². The molecule has 1 N–H and O–H groups in total. The number of aliphatic carboxylic acids is 1. The summed E-state index contributed by atoms with van der Waals surface area (Å²) in [4.78, 5) is 12.9. The first kappa shape index (κ1) is 12.5. The molecule has 0 amide bonds. The number of nitrogens with zero attached hydrogens (tertiary/aromatic N) is 1. The number of hydrogen-bond donors (Lipinski definition) is 1. The summed E-state index contributed by atoms with van der Waals surface area (Å²) in [5, 5.41) is 9.01. The van der Waals surface area contributed by atoms with Crippen molar-refractivity contribution in [3.63, 3.8) is 0 Å². The normalized spacial score (nSPS) is 20.5. The fraction of sp³-hybridized carbons (Fsp3) is 0.909. The summed E-state index contributed by atoms with van der Waals surface area (Å²) >= 11 is 0. The lowest BCUT2D eigenvalue weighted by atomic mass is 9.99. The van der Waals surface area contributed by atoms with Crippen molar-refractivity contribution in [3.8, 4) is 0 Å². The number of carboxylic acids is 1. The Hall–Kier alpha value is -0.610. The number of carboxylic acid groups (broad SMARTS) is 1. The van der Waals surface area contributed by atoms with Gasteiger partial charge in [-0.3, -0.25) is 9.69 Å². The van der Waals surface area contributed by atoms with Crippen molar-refractivity contribution in [2.24, 2.45) is 5.92 Å². The number of ether oxygens (including phenoxy) is 1. The van der Waals surface area contributed by atoms with E-state index in [1.165, 1.54) is 0 Å². The predicted molar refractivity (Wildman–Crippen MR) is 57.9 cm³/mol. The molecule has 1 aliphatic rings. The molecule has 15 heavy (non-hydrogen) atoms. The van der Waals surface area contributed by atoms with Crippen LogP contribution in [-0.4, -0.2) is 48.8 Å². The number of likely N-dealkylation sites (N-methyl/N-ethyl adjacent to an activating group) is 1. The SMILES string of the molecule is CCC(C(=O)O)N(C)CC1CCOCC1. The fourth-order valence-corrected chi connectivity index (χ4v) is 2.14. The Morgan fingerprint density at radius 2 is 2.13 bits per heavy atom. The second-order valence-electron chi connectivity index (χ2n) is 4.26.